The average Bonchev–Trinajstić information content (AvgIpc) is 3.33. The summed E-state index contributed by atoms with van der Waals surface area (Å²) in [4.78, 5) is 19.4. The van der Waals surface area contributed by atoms with Crippen molar-refractivity contribution in [1.82, 2.24) is 4.90 Å². The minimum Gasteiger partial charge on any atom is -0.378 e. The Kier molecular flexibility index (Phi) is 7.27. The van der Waals surface area contributed by atoms with E-state index in [2.05, 4.69) is 32.9 Å². The molecule has 2 saturated heterocycles. The smallest absolute Gasteiger partial charge is 0.146 e. The van der Waals surface area contributed by atoms with Crippen molar-refractivity contribution in [2.45, 2.75) is 70.6 Å². The fourth-order valence-electron chi connectivity index (χ4n) is 6.85. The summed E-state index contributed by atoms with van der Waals surface area (Å²) in [5, 5.41) is 0. The van der Waals surface area contributed by atoms with Gasteiger partial charge in [0.05, 0.1) is 19.8 Å². The number of carbonyl (C=O) groups is 1. The molecule has 33 heavy (non-hydrogen) atoms. The molecule has 1 spiro atoms. The second-order valence-electron chi connectivity index (χ2n) is 11.0. The van der Waals surface area contributed by atoms with Gasteiger partial charge in [0.1, 0.15) is 5.78 Å². The Bertz CT molecular complexity index is 795. The molecule has 1 aromatic carbocycles. The lowest BCUT2D eigenvalue weighted by Gasteiger charge is -2.41. The molecule has 2 aliphatic heterocycles. The number of benzene rings is 1. The van der Waals surface area contributed by atoms with Gasteiger partial charge < -0.3 is 14.5 Å². The quantitative estimate of drug-likeness (QED) is 0.616. The van der Waals surface area contributed by atoms with E-state index in [1.165, 1.54) is 62.7 Å². The van der Waals surface area contributed by atoms with Gasteiger partial charge in [-0.05, 0) is 73.6 Å². The summed E-state index contributed by atoms with van der Waals surface area (Å²) in [7, 11) is 0. The molecule has 5 heteroatoms. The lowest BCUT2D eigenvalue weighted by atomic mass is 9.68. The van der Waals surface area contributed by atoms with Crippen molar-refractivity contribution in [1.29, 1.82) is 0 Å². The van der Waals surface area contributed by atoms with Crippen LogP contribution < -0.4 is 9.80 Å². The van der Waals surface area contributed by atoms with Crippen molar-refractivity contribution in [2.24, 2.45) is 5.41 Å². The van der Waals surface area contributed by atoms with E-state index in [4.69, 9.17) is 4.74 Å². The van der Waals surface area contributed by atoms with Crippen molar-refractivity contribution >= 4 is 17.2 Å². The SMILES string of the molecule is CCC(=O)CN1CCN(c2ccc(N3CCOCC3)cc2C2CCC3(CCCC3)CC2)CC1. The predicted octanol–water partition coefficient (Wildman–Crippen LogP) is 4.84. The molecule has 1 aromatic rings. The van der Waals surface area contributed by atoms with Crippen LogP contribution in [-0.4, -0.2) is 69.7 Å². The van der Waals surface area contributed by atoms with Gasteiger partial charge in [0.15, 0.2) is 0 Å². The van der Waals surface area contributed by atoms with E-state index in [0.717, 1.165) is 52.5 Å². The second-order valence-corrected chi connectivity index (χ2v) is 11.0. The van der Waals surface area contributed by atoms with Crippen LogP contribution in [0.5, 0.6) is 0 Å². The highest BCUT2D eigenvalue weighted by atomic mass is 16.5. The minimum atomic E-state index is 0.363. The Morgan fingerprint density at radius 2 is 1.64 bits per heavy atom. The zero-order valence-electron chi connectivity index (χ0n) is 20.7. The number of carbonyl (C=O) groups excluding carboxylic acids is 1. The highest BCUT2D eigenvalue weighted by Gasteiger charge is 2.38. The lowest BCUT2D eigenvalue weighted by molar-refractivity contribution is -0.119. The Hall–Kier alpha value is -1.59. The number of morpholine rings is 1. The third-order valence-corrected chi connectivity index (χ3v) is 9.04. The molecule has 4 fully saturated rings. The number of nitrogens with zero attached hydrogens (tertiary/aromatic N) is 3. The van der Waals surface area contributed by atoms with Crippen molar-refractivity contribution in [2.75, 3.05) is 68.8 Å². The van der Waals surface area contributed by atoms with Gasteiger partial charge in [-0.2, -0.15) is 0 Å². The molecule has 2 aliphatic carbocycles. The zero-order valence-corrected chi connectivity index (χ0v) is 20.7. The van der Waals surface area contributed by atoms with Gasteiger partial charge in [-0.15, -0.1) is 0 Å². The second kappa shape index (κ2) is 10.4. The van der Waals surface area contributed by atoms with E-state index in [0.29, 0.717) is 30.1 Å². The molecule has 0 amide bonds. The molecule has 0 N–H and O–H groups in total. The number of piperazine rings is 1. The number of hydrogen-bond acceptors (Lipinski definition) is 5. The van der Waals surface area contributed by atoms with Crippen LogP contribution in [0.25, 0.3) is 0 Å². The van der Waals surface area contributed by atoms with Crippen LogP contribution in [0.4, 0.5) is 11.4 Å². The molecular weight excluding hydrogens is 410 g/mol. The standard InChI is InChI=1S/C28H43N3O2/c1-2-25(32)22-29-13-15-31(16-14-29)27-6-5-24(30-17-19-33-20-18-30)21-26(27)23-7-11-28(12-8-23)9-3-4-10-28/h5-6,21,23H,2-4,7-20,22H2,1H3. The fourth-order valence-corrected chi connectivity index (χ4v) is 6.85. The zero-order chi connectivity index (χ0) is 22.7. The molecule has 0 aromatic heterocycles. The summed E-state index contributed by atoms with van der Waals surface area (Å²) >= 11 is 0. The molecule has 5 rings (SSSR count). The summed E-state index contributed by atoms with van der Waals surface area (Å²) in [6.07, 6.45) is 12.0. The summed E-state index contributed by atoms with van der Waals surface area (Å²) in [5.74, 6) is 1.05. The Morgan fingerprint density at radius 1 is 0.939 bits per heavy atom. The van der Waals surface area contributed by atoms with Gasteiger partial charge in [-0.1, -0.05) is 19.8 Å². The first kappa shape index (κ1) is 23.2. The summed E-state index contributed by atoms with van der Waals surface area (Å²) < 4.78 is 5.61. The van der Waals surface area contributed by atoms with Crippen molar-refractivity contribution in [3.8, 4) is 0 Å². The monoisotopic (exact) mass is 453 g/mol. The first-order valence-electron chi connectivity index (χ1n) is 13.6. The van der Waals surface area contributed by atoms with E-state index in [9.17, 15) is 4.79 Å². The van der Waals surface area contributed by atoms with Crippen molar-refractivity contribution in [3.63, 3.8) is 0 Å². The summed E-state index contributed by atoms with van der Waals surface area (Å²) in [6, 6.07) is 7.29. The Labute approximate surface area is 200 Å². The van der Waals surface area contributed by atoms with Crippen LogP contribution in [0.1, 0.15) is 76.2 Å². The molecule has 5 nitrogen and oxygen atoms in total. The van der Waals surface area contributed by atoms with Gasteiger partial charge in [0.25, 0.3) is 0 Å². The van der Waals surface area contributed by atoms with Gasteiger partial charge in [0.2, 0.25) is 0 Å². The molecule has 0 atom stereocenters. The third kappa shape index (κ3) is 5.24. The van der Waals surface area contributed by atoms with Crippen molar-refractivity contribution < 1.29 is 9.53 Å². The highest BCUT2D eigenvalue weighted by molar-refractivity contribution is 5.80. The van der Waals surface area contributed by atoms with Gasteiger partial charge in [0, 0.05) is 57.1 Å². The van der Waals surface area contributed by atoms with Crippen LogP contribution in [0, 0.1) is 5.41 Å². The fraction of sp³-hybridized carbons (Fsp3) is 0.750. The van der Waals surface area contributed by atoms with Crippen LogP contribution in [0.3, 0.4) is 0 Å². The van der Waals surface area contributed by atoms with Crippen LogP contribution in [0.15, 0.2) is 18.2 Å². The summed E-state index contributed by atoms with van der Waals surface area (Å²) in [5.41, 5.74) is 5.10. The Morgan fingerprint density at radius 3 is 2.30 bits per heavy atom. The third-order valence-electron chi connectivity index (χ3n) is 9.04. The van der Waals surface area contributed by atoms with E-state index >= 15 is 0 Å². The van der Waals surface area contributed by atoms with Gasteiger partial charge >= 0.3 is 0 Å². The molecule has 2 heterocycles. The number of Topliss-reactive ketones (excluding diaryl/α,β-unsaturated/α-hetero) is 1. The molecule has 4 aliphatic rings. The molecule has 0 bridgehead atoms. The van der Waals surface area contributed by atoms with E-state index in [1.807, 2.05) is 6.92 Å². The number of anilines is 2. The van der Waals surface area contributed by atoms with Crippen molar-refractivity contribution in [3.05, 3.63) is 23.8 Å². The topological polar surface area (TPSA) is 36.0 Å². The van der Waals surface area contributed by atoms with Crippen LogP contribution >= 0.6 is 0 Å². The molecule has 0 unspecified atom stereocenters. The van der Waals surface area contributed by atoms with Crippen LogP contribution in [-0.2, 0) is 9.53 Å². The predicted molar refractivity (Wildman–Crippen MR) is 136 cm³/mol. The number of rotatable bonds is 6. The number of ether oxygens (including phenoxy) is 1. The minimum absolute atomic E-state index is 0.363. The summed E-state index contributed by atoms with van der Waals surface area (Å²) in [6.45, 7) is 10.3. The normalized spacial score (nSPS) is 24.5. The number of hydrogen-bond donors (Lipinski definition) is 0. The van der Waals surface area contributed by atoms with E-state index < -0.39 is 0 Å². The van der Waals surface area contributed by atoms with E-state index in [-0.39, 0.29) is 0 Å². The largest absolute Gasteiger partial charge is 0.378 e. The first-order chi connectivity index (χ1) is 16.2. The maximum Gasteiger partial charge on any atom is 0.146 e. The molecule has 2 saturated carbocycles. The average molecular weight is 454 g/mol. The molecule has 182 valence electrons. The maximum atomic E-state index is 11.9. The highest BCUT2D eigenvalue weighted by Crippen LogP contribution is 2.53. The number of ketones is 1. The molecular formula is C28H43N3O2. The Balaban J connectivity index is 1.34. The maximum absolute atomic E-state index is 11.9. The molecule has 0 radical (unpaired) electrons. The first-order valence-corrected chi connectivity index (χ1v) is 13.6. The van der Waals surface area contributed by atoms with E-state index in [1.54, 1.807) is 5.56 Å². The lowest BCUT2D eigenvalue weighted by Crippen LogP contribution is -2.48. The van der Waals surface area contributed by atoms with Gasteiger partial charge in [-0.25, -0.2) is 0 Å². The van der Waals surface area contributed by atoms with Crippen LogP contribution in [0.2, 0.25) is 0 Å². The van der Waals surface area contributed by atoms with Gasteiger partial charge in [-0.3, -0.25) is 9.69 Å².